The van der Waals surface area contributed by atoms with E-state index in [1.165, 1.54) is 29.3 Å². The number of carboxylic acids is 1. The fourth-order valence-electron chi connectivity index (χ4n) is 6.50. The Balaban J connectivity index is 1.22. The van der Waals surface area contributed by atoms with Gasteiger partial charge in [0.1, 0.15) is 35.0 Å². The first kappa shape index (κ1) is 32.6. The van der Waals surface area contributed by atoms with E-state index >= 15 is 0 Å². The highest BCUT2D eigenvalue weighted by molar-refractivity contribution is 5.79. The summed E-state index contributed by atoms with van der Waals surface area (Å²) < 4.78 is 76.3. The number of carbonyl (C=O) groups is 1. The highest BCUT2D eigenvalue weighted by Crippen LogP contribution is 2.41. The van der Waals surface area contributed by atoms with Crippen LogP contribution >= 0.6 is 0 Å². The van der Waals surface area contributed by atoms with Crippen molar-refractivity contribution >= 4 is 17.5 Å². The summed E-state index contributed by atoms with van der Waals surface area (Å²) in [6, 6.07) is 11.6. The number of ether oxygens (including phenoxy) is 4. The number of pyridine rings is 1. The van der Waals surface area contributed by atoms with Gasteiger partial charge >= 0.3 is 12.6 Å². The van der Waals surface area contributed by atoms with Crippen LogP contribution in [0.1, 0.15) is 25.6 Å². The fourth-order valence-corrected chi connectivity index (χ4v) is 6.50. The number of rotatable bonds is 10. The number of morpholine rings is 1. The smallest absolute Gasteiger partial charge is 0.387 e. The van der Waals surface area contributed by atoms with Crippen LogP contribution in [0.5, 0.6) is 11.6 Å². The van der Waals surface area contributed by atoms with Gasteiger partial charge in [0.05, 0.1) is 43.8 Å². The summed E-state index contributed by atoms with van der Waals surface area (Å²) in [5, 5.41) is 10.2. The summed E-state index contributed by atoms with van der Waals surface area (Å²) in [5.74, 6) is -1.67. The van der Waals surface area contributed by atoms with E-state index in [9.17, 15) is 27.5 Å². The molecule has 3 aromatic heterocycles. The zero-order chi connectivity index (χ0) is 34.3. The van der Waals surface area contributed by atoms with Crippen molar-refractivity contribution in [1.82, 2.24) is 19.9 Å². The molecule has 3 aliphatic rings. The Morgan fingerprint density at radius 2 is 1.92 bits per heavy atom. The van der Waals surface area contributed by atoms with Crippen molar-refractivity contribution in [3.63, 3.8) is 0 Å². The lowest BCUT2D eigenvalue weighted by atomic mass is 9.90. The summed E-state index contributed by atoms with van der Waals surface area (Å²) in [5.41, 5.74) is 1.89. The van der Waals surface area contributed by atoms with Crippen LogP contribution in [0.2, 0.25) is 0 Å². The zero-order valence-corrected chi connectivity index (χ0v) is 26.1. The van der Waals surface area contributed by atoms with Crippen LogP contribution in [0.4, 0.5) is 29.1 Å². The van der Waals surface area contributed by atoms with Crippen molar-refractivity contribution in [2.45, 2.75) is 50.2 Å². The number of nitrogens with zero attached hydrogens (tertiary/aromatic N) is 5. The lowest BCUT2D eigenvalue weighted by molar-refractivity contribution is -0.228. The number of hydrogen-bond donors (Lipinski definition) is 2. The second kappa shape index (κ2) is 13.2. The number of H-pyrrole nitrogens is 1. The van der Waals surface area contributed by atoms with Crippen LogP contribution in [0.15, 0.2) is 60.9 Å². The van der Waals surface area contributed by atoms with Gasteiger partial charge in [0, 0.05) is 37.0 Å². The van der Waals surface area contributed by atoms with Crippen molar-refractivity contribution in [2.75, 3.05) is 42.7 Å². The number of halogens is 4. The minimum atomic E-state index is -2.99. The van der Waals surface area contributed by atoms with E-state index in [1.54, 1.807) is 30.5 Å². The van der Waals surface area contributed by atoms with E-state index < -0.39 is 42.6 Å². The Kier molecular flexibility index (Phi) is 8.75. The highest BCUT2D eigenvalue weighted by Gasteiger charge is 2.50. The van der Waals surface area contributed by atoms with E-state index in [4.69, 9.17) is 14.2 Å². The maximum Gasteiger partial charge on any atom is 0.387 e. The molecule has 1 aromatic carbocycles. The second-order valence-electron chi connectivity index (χ2n) is 12.1. The van der Waals surface area contributed by atoms with Gasteiger partial charge in [-0.3, -0.25) is 0 Å². The van der Waals surface area contributed by atoms with Crippen molar-refractivity contribution < 1.29 is 46.4 Å². The molecule has 0 saturated carbocycles. The van der Waals surface area contributed by atoms with Crippen LogP contribution in [-0.4, -0.2) is 94.3 Å². The average molecular weight is 685 g/mol. The number of benzene rings is 1. The monoisotopic (exact) mass is 684 g/mol. The summed E-state index contributed by atoms with van der Waals surface area (Å²) in [6.07, 6.45) is -0.542. The Morgan fingerprint density at radius 1 is 1.08 bits per heavy atom. The molecule has 49 heavy (non-hydrogen) atoms. The third-order valence-corrected chi connectivity index (χ3v) is 9.10. The first-order valence-corrected chi connectivity index (χ1v) is 15.6. The molecule has 0 bridgehead atoms. The second-order valence-corrected chi connectivity index (χ2v) is 12.1. The number of nitrogens with one attached hydrogen (secondary N) is 1. The number of anilines is 2. The Bertz CT molecular complexity index is 1810. The summed E-state index contributed by atoms with van der Waals surface area (Å²) in [6.45, 7) is 0.714. The lowest BCUT2D eigenvalue weighted by Crippen LogP contribution is -2.68. The maximum absolute atomic E-state index is 13.9. The third-order valence-electron chi connectivity index (χ3n) is 9.10. The molecule has 258 valence electrons. The van der Waals surface area contributed by atoms with Crippen molar-refractivity contribution in [2.24, 2.45) is 0 Å². The molecule has 3 atom stereocenters. The Morgan fingerprint density at radius 3 is 2.61 bits per heavy atom. The van der Waals surface area contributed by atoms with Gasteiger partial charge in [-0.15, -0.1) is 0 Å². The van der Waals surface area contributed by atoms with E-state index in [1.807, 2.05) is 13.0 Å². The van der Waals surface area contributed by atoms with Gasteiger partial charge in [0.25, 0.3) is 6.43 Å². The lowest BCUT2D eigenvalue weighted by Gasteiger charge is -2.53. The van der Waals surface area contributed by atoms with Gasteiger partial charge in [0.15, 0.2) is 5.82 Å². The van der Waals surface area contributed by atoms with Gasteiger partial charge in [0.2, 0.25) is 5.88 Å². The molecule has 4 aromatic rings. The minimum Gasteiger partial charge on any atom is -0.480 e. The standard InChI is InChI=1S/C33H32F4N6O6/c1-18-33(16-46-17-33)47-9-8-42(18)25-11-20(19-4-2-5-21(10-19)49-32(36)37)14-39-30(25)48-22-12-26(31(44)45)43(15-22)27-13-24(23-6-3-7-38-23)40-29(41-27)28(34)35/h2-7,10-11,13-14,18,22,26,28,32,38H,8-9,12,15-17H2,1H3,(H,44,45)/t18-,22-,26-/m0/s1. The molecule has 0 aliphatic carbocycles. The molecule has 3 fully saturated rings. The molecule has 16 heteroatoms. The van der Waals surface area contributed by atoms with E-state index in [2.05, 4.69) is 29.6 Å². The summed E-state index contributed by atoms with van der Waals surface area (Å²) >= 11 is 0. The maximum atomic E-state index is 13.9. The van der Waals surface area contributed by atoms with Crippen molar-refractivity contribution in [3.8, 4) is 34.1 Å². The molecule has 7 rings (SSSR count). The van der Waals surface area contributed by atoms with E-state index in [0.29, 0.717) is 48.9 Å². The molecule has 3 aliphatic heterocycles. The number of alkyl halides is 4. The topological polar surface area (TPSA) is 135 Å². The Labute approximate surface area is 277 Å². The molecular weight excluding hydrogens is 652 g/mol. The fraction of sp³-hybridized carbons (Fsp3) is 0.394. The molecule has 6 heterocycles. The number of hydrogen-bond acceptors (Lipinski definition) is 10. The van der Waals surface area contributed by atoms with Gasteiger partial charge < -0.3 is 38.8 Å². The van der Waals surface area contributed by atoms with Crippen molar-refractivity contribution in [1.29, 1.82) is 0 Å². The van der Waals surface area contributed by atoms with E-state index in [-0.39, 0.29) is 42.1 Å². The predicted molar refractivity (Wildman–Crippen MR) is 167 cm³/mol. The van der Waals surface area contributed by atoms with Gasteiger partial charge in [-0.05, 0) is 42.8 Å². The first-order chi connectivity index (χ1) is 23.6. The molecule has 0 amide bonds. The van der Waals surface area contributed by atoms with Gasteiger partial charge in [-0.1, -0.05) is 12.1 Å². The first-order valence-electron chi connectivity index (χ1n) is 15.6. The van der Waals surface area contributed by atoms with E-state index in [0.717, 1.165) is 0 Å². The predicted octanol–water partition coefficient (Wildman–Crippen LogP) is 5.18. The number of carboxylic acid groups (broad SMARTS) is 1. The molecule has 12 nitrogen and oxygen atoms in total. The number of aromatic amines is 1. The molecule has 2 N–H and O–H groups in total. The molecule has 0 unspecified atom stereocenters. The van der Waals surface area contributed by atoms with Crippen LogP contribution in [0.3, 0.4) is 0 Å². The minimum absolute atomic E-state index is 0.00709. The van der Waals surface area contributed by atoms with Crippen LogP contribution in [0, 0.1) is 0 Å². The largest absolute Gasteiger partial charge is 0.480 e. The van der Waals surface area contributed by atoms with Crippen LogP contribution < -0.4 is 19.3 Å². The molecule has 3 saturated heterocycles. The average Bonchev–Trinajstić information content (AvgIpc) is 3.75. The quantitative estimate of drug-likeness (QED) is 0.214. The number of aromatic nitrogens is 4. The SMILES string of the molecule is C[C@@H]1N(c2cc(-c3cccc(OC(F)F)c3)cnc2O[C@H]2C[C@@H](C(=O)O)N(c3cc(-c4ccc[nH]4)nc(C(F)F)n3)C2)CCOC12COC2. The molecule has 0 radical (unpaired) electrons. The Hall–Kier alpha value is -4.96. The highest BCUT2D eigenvalue weighted by atomic mass is 19.3. The van der Waals surface area contributed by atoms with Crippen LogP contribution in [0.25, 0.3) is 22.5 Å². The van der Waals surface area contributed by atoms with Gasteiger partial charge in [-0.2, -0.15) is 8.78 Å². The normalized spacial score (nSPS) is 21.7. The summed E-state index contributed by atoms with van der Waals surface area (Å²) in [7, 11) is 0. The van der Waals surface area contributed by atoms with Gasteiger partial charge in [-0.25, -0.2) is 28.5 Å². The van der Waals surface area contributed by atoms with Crippen molar-refractivity contribution in [3.05, 3.63) is 66.7 Å². The third kappa shape index (κ3) is 6.45. The summed E-state index contributed by atoms with van der Waals surface area (Å²) in [4.78, 5) is 31.6. The zero-order valence-electron chi connectivity index (χ0n) is 26.1. The molecule has 1 spiro atoms. The molecular formula is C33H32F4N6O6. The van der Waals surface area contributed by atoms with Crippen LogP contribution in [-0.2, 0) is 14.3 Å². The number of aliphatic carboxylic acids is 1.